The normalized spacial score (nSPS) is 10.8. The molecular formula is C12H12F2N2OS. The van der Waals surface area contributed by atoms with Crippen LogP contribution in [0.5, 0.6) is 0 Å². The van der Waals surface area contributed by atoms with Gasteiger partial charge in [0.15, 0.2) is 10.9 Å². The Kier molecular flexibility index (Phi) is 3.86. The number of unbranched alkanes of at least 4 members (excludes halogenated alkanes) is 1. The van der Waals surface area contributed by atoms with Crippen LogP contribution in [0.15, 0.2) is 12.1 Å². The van der Waals surface area contributed by atoms with E-state index < -0.39 is 11.6 Å². The van der Waals surface area contributed by atoms with Crippen molar-refractivity contribution in [2.75, 3.05) is 5.32 Å². The van der Waals surface area contributed by atoms with Gasteiger partial charge in [-0.05, 0) is 12.5 Å². The van der Waals surface area contributed by atoms with Gasteiger partial charge in [-0.1, -0.05) is 24.7 Å². The number of nitrogens with one attached hydrogen (secondary N) is 1. The van der Waals surface area contributed by atoms with Crippen LogP contribution in [0.3, 0.4) is 0 Å². The van der Waals surface area contributed by atoms with Crippen molar-refractivity contribution in [2.24, 2.45) is 0 Å². The van der Waals surface area contributed by atoms with E-state index in [1.807, 2.05) is 6.92 Å². The van der Waals surface area contributed by atoms with E-state index in [1.54, 1.807) is 0 Å². The van der Waals surface area contributed by atoms with Crippen LogP contribution in [-0.4, -0.2) is 10.9 Å². The van der Waals surface area contributed by atoms with Crippen LogP contribution in [0.4, 0.5) is 13.9 Å². The van der Waals surface area contributed by atoms with Crippen molar-refractivity contribution in [1.29, 1.82) is 0 Å². The van der Waals surface area contributed by atoms with E-state index in [2.05, 4.69) is 10.3 Å². The van der Waals surface area contributed by atoms with Gasteiger partial charge in [0, 0.05) is 12.5 Å². The van der Waals surface area contributed by atoms with Crippen LogP contribution in [0.2, 0.25) is 0 Å². The Bertz CT molecular complexity index is 583. The largest absolute Gasteiger partial charge is 0.302 e. The van der Waals surface area contributed by atoms with Crippen molar-refractivity contribution >= 4 is 32.6 Å². The second-order valence-corrected chi connectivity index (χ2v) is 4.94. The maximum atomic E-state index is 13.4. The first-order chi connectivity index (χ1) is 8.60. The van der Waals surface area contributed by atoms with Gasteiger partial charge < -0.3 is 5.32 Å². The summed E-state index contributed by atoms with van der Waals surface area (Å²) in [5.74, 6) is -1.51. The predicted octanol–water partition coefficient (Wildman–Crippen LogP) is 3.70. The summed E-state index contributed by atoms with van der Waals surface area (Å²) in [6.07, 6.45) is 2.12. The highest BCUT2D eigenvalue weighted by atomic mass is 32.1. The Balaban J connectivity index is 2.20. The van der Waals surface area contributed by atoms with Crippen LogP contribution >= 0.6 is 11.3 Å². The first kappa shape index (κ1) is 12.9. The van der Waals surface area contributed by atoms with Crippen molar-refractivity contribution in [2.45, 2.75) is 26.2 Å². The number of fused-ring (bicyclic) bond motifs is 1. The summed E-state index contributed by atoms with van der Waals surface area (Å²) in [5.41, 5.74) is 0.0900. The molecule has 96 valence electrons. The fourth-order valence-corrected chi connectivity index (χ4v) is 2.45. The van der Waals surface area contributed by atoms with Gasteiger partial charge in [-0.25, -0.2) is 13.8 Å². The molecule has 0 aliphatic rings. The summed E-state index contributed by atoms with van der Waals surface area (Å²) >= 11 is 1.06. The third kappa shape index (κ3) is 2.81. The number of nitrogens with zero attached hydrogens (tertiary/aromatic N) is 1. The molecule has 6 heteroatoms. The number of benzene rings is 1. The van der Waals surface area contributed by atoms with Crippen molar-refractivity contribution in [3.8, 4) is 0 Å². The zero-order valence-corrected chi connectivity index (χ0v) is 10.6. The highest BCUT2D eigenvalue weighted by Crippen LogP contribution is 2.28. The summed E-state index contributed by atoms with van der Waals surface area (Å²) in [5, 5.41) is 2.89. The van der Waals surface area contributed by atoms with Gasteiger partial charge in [-0.15, -0.1) is 0 Å². The van der Waals surface area contributed by atoms with Gasteiger partial charge in [0.05, 0.1) is 4.70 Å². The van der Waals surface area contributed by atoms with Crippen molar-refractivity contribution in [3.63, 3.8) is 0 Å². The lowest BCUT2D eigenvalue weighted by atomic mass is 10.2. The minimum atomic E-state index is -0.713. The fraction of sp³-hybridized carbons (Fsp3) is 0.333. The van der Waals surface area contributed by atoms with Gasteiger partial charge in [-0.2, -0.15) is 0 Å². The zero-order valence-electron chi connectivity index (χ0n) is 9.80. The van der Waals surface area contributed by atoms with Crippen molar-refractivity contribution in [3.05, 3.63) is 23.8 Å². The number of amides is 1. The Hall–Kier alpha value is -1.56. The van der Waals surface area contributed by atoms with Crippen LogP contribution in [-0.2, 0) is 4.79 Å². The highest BCUT2D eigenvalue weighted by Gasteiger charge is 2.12. The lowest BCUT2D eigenvalue weighted by molar-refractivity contribution is -0.116. The van der Waals surface area contributed by atoms with Gasteiger partial charge in [-0.3, -0.25) is 4.79 Å². The molecule has 0 atom stereocenters. The predicted molar refractivity (Wildman–Crippen MR) is 67.7 cm³/mol. The summed E-state index contributed by atoms with van der Waals surface area (Å²) in [6.45, 7) is 1.99. The summed E-state index contributed by atoms with van der Waals surface area (Å²) in [4.78, 5) is 15.4. The molecule has 0 unspecified atom stereocenters. The molecule has 0 bridgehead atoms. The molecule has 0 aliphatic heterocycles. The Morgan fingerprint density at radius 3 is 2.94 bits per heavy atom. The molecule has 18 heavy (non-hydrogen) atoms. The quantitative estimate of drug-likeness (QED) is 0.920. The molecule has 2 aromatic rings. The molecule has 1 aromatic heterocycles. The summed E-state index contributed by atoms with van der Waals surface area (Å²) in [7, 11) is 0. The minimum Gasteiger partial charge on any atom is -0.302 e. The number of hydrogen-bond donors (Lipinski definition) is 1. The molecule has 0 saturated carbocycles. The van der Waals surface area contributed by atoms with Crippen LogP contribution in [0, 0.1) is 11.6 Å². The zero-order chi connectivity index (χ0) is 13.1. The molecule has 2 rings (SSSR count). The Morgan fingerprint density at radius 1 is 1.44 bits per heavy atom. The van der Waals surface area contributed by atoms with E-state index in [0.717, 1.165) is 30.2 Å². The van der Waals surface area contributed by atoms with Crippen LogP contribution < -0.4 is 5.32 Å². The number of carbonyl (C=O) groups excluding carboxylic acids is 1. The van der Waals surface area contributed by atoms with Crippen LogP contribution in [0.1, 0.15) is 26.2 Å². The van der Waals surface area contributed by atoms with E-state index in [9.17, 15) is 13.6 Å². The SMILES string of the molecule is CCCCC(=O)Nc1nc2c(F)cc(F)cc2s1. The van der Waals surface area contributed by atoms with Gasteiger partial charge in [0.2, 0.25) is 5.91 Å². The number of halogens is 2. The lowest BCUT2D eigenvalue weighted by Crippen LogP contribution is -2.10. The van der Waals surface area contributed by atoms with Gasteiger partial charge in [0.25, 0.3) is 0 Å². The maximum absolute atomic E-state index is 13.4. The molecule has 1 heterocycles. The third-order valence-electron chi connectivity index (χ3n) is 2.42. The minimum absolute atomic E-state index is 0.0900. The number of rotatable bonds is 4. The summed E-state index contributed by atoms with van der Waals surface area (Å²) < 4.78 is 26.8. The van der Waals surface area contributed by atoms with Gasteiger partial charge in [0.1, 0.15) is 11.3 Å². The molecule has 1 amide bonds. The first-order valence-corrected chi connectivity index (χ1v) is 6.47. The topological polar surface area (TPSA) is 42.0 Å². The molecule has 3 nitrogen and oxygen atoms in total. The molecule has 0 aliphatic carbocycles. The maximum Gasteiger partial charge on any atom is 0.226 e. The molecule has 1 aromatic carbocycles. The lowest BCUT2D eigenvalue weighted by Gasteiger charge is -1.98. The molecular weight excluding hydrogens is 258 g/mol. The number of hydrogen-bond acceptors (Lipinski definition) is 3. The number of carbonyl (C=O) groups is 1. The van der Waals surface area contributed by atoms with Gasteiger partial charge >= 0.3 is 0 Å². The number of aromatic nitrogens is 1. The fourth-order valence-electron chi connectivity index (χ4n) is 1.53. The smallest absolute Gasteiger partial charge is 0.226 e. The molecule has 0 radical (unpaired) electrons. The third-order valence-corrected chi connectivity index (χ3v) is 3.33. The number of thiazole rings is 1. The van der Waals surface area contributed by atoms with Crippen LogP contribution in [0.25, 0.3) is 10.2 Å². The molecule has 1 N–H and O–H groups in total. The summed E-state index contributed by atoms with van der Waals surface area (Å²) in [6, 6.07) is 1.99. The molecule has 0 saturated heterocycles. The molecule has 0 spiro atoms. The average molecular weight is 270 g/mol. The second kappa shape index (κ2) is 5.39. The van der Waals surface area contributed by atoms with E-state index >= 15 is 0 Å². The van der Waals surface area contributed by atoms with E-state index in [-0.39, 0.29) is 11.4 Å². The Labute approximate surface area is 107 Å². The Morgan fingerprint density at radius 2 is 2.22 bits per heavy atom. The van der Waals surface area contributed by atoms with E-state index in [0.29, 0.717) is 16.3 Å². The highest BCUT2D eigenvalue weighted by molar-refractivity contribution is 7.22. The van der Waals surface area contributed by atoms with E-state index in [4.69, 9.17) is 0 Å². The molecule has 0 fully saturated rings. The average Bonchev–Trinajstić information content (AvgIpc) is 2.69. The van der Waals surface area contributed by atoms with Crippen molar-refractivity contribution < 1.29 is 13.6 Å². The van der Waals surface area contributed by atoms with E-state index in [1.165, 1.54) is 6.07 Å². The van der Waals surface area contributed by atoms with Crippen molar-refractivity contribution in [1.82, 2.24) is 4.98 Å². The monoisotopic (exact) mass is 270 g/mol. The number of anilines is 1. The second-order valence-electron chi connectivity index (χ2n) is 3.91. The first-order valence-electron chi connectivity index (χ1n) is 5.65. The standard InChI is InChI=1S/C12H12F2N2OS/c1-2-3-4-10(17)15-12-16-11-8(14)5-7(13)6-9(11)18-12/h5-6H,2-4H2,1H3,(H,15,16,17).